The lowest BCUT2D eigenvalue weighted by molar-refractivity contribution is 0.103. The monoisotopic (exact) mass is 276 g/mol. The molecule has 0 aromatic heterocycles. The summed E-state index contributed by atoms with van der Waals surface area (Å²) in [5.41, 5.74) is 1.32. The Morgan fingerprint density at radius 2 is 2.15 bits per heavy atom. The van der Waals surface area contributed by atoms with Crippen LogP contribution < -0.4 is 10.1 Å². The molecule has 1 fully saturated rings. The van der Waals surface area contributed by atoms with Crippen molar-refractivity contribution in [2.24, 2.45) is 0 Å². The Morgan fingerprint density at radius 1 is 1.35 bits per heavy atom. The first-order chi connectivity index (χ1) is 9.76. The van der Waals surface area contributed by atoms with E-state index >= 15 is 0 Å². The van der Waals surface area contributed by atoms with Crippen molar-refractivity contribution >= 4 is 0 Å². The van der Waals surface area contributed by atoms with Gasteiger partial charge < -0.3 is 10.1 Å². The summed E-state index contributed by atoms with van der Waals surface area (Å²) in [5, 5.41) is 3.34. The Balaban J connectivity index is 2.03. The number of nitrogens with zero attached hydrogens (tertiary/aromatic N) is 1. The smallest absolute Gasteiger partial charge is 0.122 e. The Morgan fingerprint density at radius 3 is 2.90 bits per heavy atom. The van der Waals surface area contributed by atoms with Gasteiger partial charge in [0.25, 0.3) is 0 Å². The number of benzene rings is 1. The van der Waals surface area contributed by atoms with Crippen molar-refractivity contribution in [1.29, 1.82) is 0 Å². The molecule has 1 N–H and O–H groups in total. The summed E-state index contributed by atoms with van der Waals surface area (Å²) >= 11 is 0. The third kappa shape index (κ3) is 3.74. The van der Waals surface area contributed by atoms with Crippen LogP contribution in [0.4, 0.5) is 0 Å². The van der Waals surface area contributed by atoms with Gasteiger partial charge in [0.2, 0.25) is 0 Å². The van der Waals surface area contributed by atoms with E-state index in [1.807, 2.05) is 6.07 Å². The second-order valence-corrected chi connectivity index (χ2v) is 5.81. The molecule has 2 atom stereocenters. The molecule has 1 aromatic carbocycles. The van der Waals surface area contributed by atoms with Crippen LogP contribution >= 0.6 is 0 Å². The SMILES string of the molecule is CNCC1CCCCN1C(C)Cc1ccccc1OC. The largest absolute Gasteiger partial charge is 0.496 e. The van der Waals surface area contributed by atoms with Crippen LogP contribution in [0, 0.1) is 0 Å². The van der Waals surface area contributed by atoms with E-state index in [4.69, 9.17) is 4.74 Å². The molecule has 3 nitrogen and oxygen atoms in total. The van der Waals surface area contributed by atoms with Gasteiger partial charge in [-0.3, -0.25) is 4.90 Å². The molecule has 2 unspecified atom stereocenters. The molecule has 0 spiro atoms. The van der Waals surface area contributed by atoms with Gasteiger partial charge >= 0.3 is 0 Å². The molecule has 20 heavy (non-hydrogen) atoms. The van der Waals surface area contributed by atoms with E-state index in [0.717, 1.165) is 18.7 Å². The first kappa shape index (κ1) is 15.3. The summed E-state index contributed by atoms with van der Waals surface area (Å²) in [5.74, 6) is 1.02. The molecule has 1 aliphatic rings. The maximum Gasteiger partial charge on any atom is 0.122 e. The predicted molar refractivity (Wildman–Crippen MR) is 84.4 cm³/mol. The molecule has 1 heterocycles. The Labute approximate surface area is 123 Å². The molecule has 1 aliphatic heterocycles. The molecule has 2 rings (SSSR count). The third-order valence-electron chi connectivity index (χ3n) is 4.39. The number of nitrogens with one attached hydrogen (secondary N) is 1. The van der Waals surface area contributed by atoms with Gasteiger partial charge in [0.05, 0.1) is 7.11 Å². The fraction of sp³-hybridized carbons (Fsp3) is 0.647. The fourth-order valence-corrected chi connectivity index (χ4v) is 3.37. The number of methoxy groups -OCH3 is 1. The van der Waals surface area contributed by atoms with Crippen molar-refractivity contribution in [3.8, 4) is 5.75 Å². The number of likely N-dealkylation sites (N-methyl/N-ethyl adjacent to an activating group) is 1. The maximum atomic E-state index is 5.48. The number of para-hydroxylation sites is 1. The second-order valence-electron chi connectivity index (χ2n) is 5.81. The van der Waals surface area contributed by atoms with Gasteiger partial charge in [-0.1, -0.05) is 24.6 Å². The van der Waals surface area contributed by atoms with Crippen LogP contribution in [0.15, 0.2) is 24.3 Å². The predicted octanol–water partition coefficient (Wildman–Crippen LogP) is 2.70. The zero-order chi connectivity index (χ0) is 14.4. The summed E-state index contributed by atoms with van der Waals surface area (Å²) in [6, 6.07) is 9.63. The zero-order valence-corrected chi connectivity index (χ0v) is 13.1. The van der Waals surface area contributed by atoms with Crippen LogP contribution in [-0.4, -0.2) is 44.2 Å². The van der Waals surface area contributed by atoms with Gasteiger partial charge in [0.1, 0.15) is 5.75 Å². The molecular weight excluding hydrogens is 248 g/mol. The number of likely N-dealkylation sites (tertiary alicyclic amines) is 1. The molecule has 1 saturated heterocycles. The van der Waals surface area contributed by atoms with Crippen LogP contribution in [0.3, 0.4) is 0 Å². The normalized spacial score (nSPS) is 21.6. The van der Waals surface area contributed by atoms with Crippen molar-refractivity contribution in [2.75, 3.05) is 27.2 Å². The van der Waals surface area contributed by atoms with E-state index < -0.39 is 0 Å². The van der Waals surface area contributed by atoms with Gasteiger partial charge in [0.15, 0.2) is 0 Å². The highest BCUT2D eigenvalue weighted by Crippen LogP contribution is 2.24. The van der Waals surface area contributed by atoms with Gasteiger partial charge in [-0.2, -0.15) is 0 Å². The molecule has 112 valence electrons. The van der Waals surface area contributed by atoms with Crippen molar-refractivity contribution in [3.63, 3.8) is 0 Å². The highest BCUT2D eigenvalue weighted by Gasteiger charge is 2.26. The topological polar surface area (TPSA) is 24.5 Å². The summed E-state index contributed by atoms with van der Waals surface area (Å²) in [6.07, 6.45) is 5.07. The van der Waals surface area contributed by atoms with E-state index in [1.165, 1.54) is 31.4 Å². The summed E-state index contributed by atoms with van der Waals surface area (Å²) in [6.45, 7) is 4.67. The van der Waals surface area contributed by atoms with Gasteiger partial charge in [-0.15, -0.1) is 0 Å². The van der Waals surface area contributed by atoms with E-state index in [-0.39, 0.29) is 0 Å². The number of rotatable bonds is 6. The van der Waals surface area contributed by atoms with Crippen molar-refractivity contribution in [2.45, 2.75) is 44.7 Å². The lowest BCUT2D eigenvalue weighted by Gasteiger charge is -2.40. The minimum atomic E-state index is 0.560. The minimum absolute atomic E-state index is 0.560. The van der Waals surface area contributed by atoms with E-state index in [9.17, 15) is 0 Å². The standard InChI is InChI=1S/C17H28N2O/c1-14(12-15-8-4-5-10-17(15)20-3)19-11-7-6-9-16(19)13-18-2/h4-5,8,10,14,16,18H,6-7,9,11-13H2,1-3H3. The molecule has 3 heteroatoms. The molecular formula is C17H28N2O. The minimum Gasteiger partial charge on any atom is -0.496 e. The Bertz CT molecular complexity index is 406. The molecule has 1 aromatic rings. The zero-order valence-electron chi connectivity index (χ0n) is 13.1. The fourth-order valence-electron chi connectivity index (χ4n) is 3.37. The summed E-state index contributed by atoms with van der Waals surface area (Å²) in [7, 11) is 3.81. The second kappa shape index (κ2) is 7.65. The van der Waals surface area contributed by atoms with Crippen molar-refractivity contribution in [3.05, 3.63) is 29.8 Å². The van der Waals surface area contributed by atoms with Crippen molar-refractivity contribution in [1.82, 2.24) is 10.2 Å². The number of hydrogen-bond acceptors (Lipinski definition) is 3. The van der Waals surface area contributed by atoms with Crippen LogP contribution in [0.5, 0.6) is 5.75 Å². The molecule has 0 saturated carbocycles. The summed E-state index contributed by atoms with van der Waals surface area (Å²) < 4.78 is 5.48. The highest BCUT2D eigenvalue weighted by atomic mass is 16.5. The third-order valence-corrected chi connectivity index (χ3v) is 4.39. The molecule has 0 amide bonds. The lowest BCUT2D eigenvalue weighted by Crippen LogP contribution is -2.49. The molecule has 0 aliphatic carbocycles. The van der Waals surface area contributed by atoms with Crippen LogP contribution in [0.2, 0.25) is 0 Å². The number of ether oxygens (including phenoxy) is 1. The van der Waals surface area contributed by atoms with Crippen molar-refractivity contribution < 1.29 is 4.74 Å². The average molecular weight is 276 g/mol. The Hall–Kier alpha value is -1.06. The Kier molecular flexibility index (Phi) is 5.86. The maximum absolute atomic E-state index is 5.48. The number of hydrogen-bond donors (Lipinski definition) is 1. The van der Waals surface area contributed by atoms with Crippen LogP contribution in [0.25, 0.3) is 0 Å². The van der Waals surface area contributed by atoms with Crippen LogP contribution in [0.1, 0.15) is 31.7 Å². The summed E-state index contributed by atoms with van der Waals surface area (Å²) in [4.78, 5) is 2.67. The lowest BCUT2D eigenvalue weighted by atomic mass is 9.97. The molecule has 0 bridgehead atoms. The van der Waals surface area contributed by atoms with Crippen LogP contribution in [-0.2, 0) is 6.42 Å². The highest BCUT2D eigenvalue weighted by molar-refractivity contribution is 5.33. The van der Waals surface area contributed by atoms with Gasteiger partial charge in [-0.05, 0) is 51.4 Å². The number of piperidine rings is 1. The first-order valence-electron chi connectivity index (χ1n) is 7.78. The molecule has 0 radical (unpaired) electrons. The van der Waals surface area contributed by atoms with E-state index in [0.29, 0.717) is 12.1 Å². The first-order valence-corrected chi connectivity index (χ1v) is 7.78. The van der Waals surface area contributed by atoms with E-state index in [2.05, 4.69) is 42.4 Å². The van der Waals surface area contributed by atoms with Gasteiger partial charge in [-0.25, -0.2) is 0 Å². The van der Waals surface area contributed by atoms with Gasteiger partial charge in [0, 0.05) is 18.6 Å². The quantitative estimate of drug-likeness (QED) is 0.864. The average Bonchev–Trinajstić information content (AvgIpc) is 2.48. The van der Waals surface area contributed by atoms with E-state index in [1.54, 1.807) is 7.11 Å².